The van der Waals surface area contributed by atoms with Crippen molar-refractivity contribution < 1.29 is 9.47 Å². The van der Waals surface area contributed by atoms with Crippen molar-refractivity contribution in [3.8, 4) is 0 Å². The van der Waals surface area contributed by atoms with E-state index in [1.165, 1.54) is 38.5 Å². The van der Waals surface area contributed by atoms with Crippen molar-refractivity contribution in [3.63, 3.8) is 0 Å². The lowest BCUT2D eigenvalue weighted by molar-refractivity contribution is 0.0412. The molecule has 1 saturated carbocycles. The first-order chi connectivity index (χ1) is 7.85. The summed E-state index contributed by atoms with van der Waals surface area (Å²) in [7, 11) is 1.80. The quantitative estimate of drug-likeness (QED) is 0.752. The molecule has 1 aliphatic heterocycles. The minimum absolute atomic E-state index is 0.535. The zero-order chi connectivity index (χ0) is 11.3. The fraction of sp³-hybridized carbons (Fsp3) is 1.00. The third kappa shape index (κ3) is 3.19. The van der Waals surface area contributed by atoms with Crippen LogP contribution in [0, 0.1) is 5.41 Å². The van der Waals surface area contributed by atoms with Gasteiger partial charge in [0, 0.05) is 32.9 Å². The molecular formula is C13H25NO2. The SMILES string of the molecule is COCCC1(CNC2CCCOC2)CCC1. The number of rotatable bonds is 6. The van der Waals surface area contributed by atoms with Crippen LogP contribution in [0.1, 0.15) is 38.5 Å². The zero-order valence-corrected chi connectivity index (χ0v) is 10.5. The molecule has 0 aromatic rings. The highest BCUT2D eigenvalue weighted by molar-refractivity contribution is 4.90. The average Bonchev–Trinajstić information content (AvgIpc) is 2.29. The second kappa shape index (κ2) is 5.99. The molecule has 3 heteroatoms. The summed E-state index contributed by atoms with van der Waals surface area (Å²) in [6.07, 6.45) is 7.84. The van der Waals surface area contributed by atoms with E-state index >= 15 is 0 Å². The van der Waals surface area contributed by atoms with Gasteiger partial charge in [-0.3, -0.25) is 0 Å². The molecule has 0 spiro atoms. The van der Waals surface area contributed by atoms with Crippen LogP contribution in [0.5, 0.6) is 0 Å². The summed E-state index contributed by atoms with van der Waals surface area (Å²) in [4.78, 5) is 0. The first-order valence-corrected chi connectivity index (χ1v) is 6.65. The molecule has 0 amide bonds. The van der Waals surface area contributed by atoms with Crippen LogP contribution in [0.15, 0.2) is 0 Å². The van der Waals surface area contributed by atoms with Gasteiger partial charge in [-0.25, -0.2) is 0 Å². The predicted octanol–water partition coefficient (Wildman–Crippen LogP) is 1.96. The molecule has 1 N–H and O–H groups in total. The fourth-order valence-corrected chi connectivity index (χ4v) is 2.77. The van der Waals surface area contributed by atoms with Gasteiger partial charge in [-0.05, 0) is 37.5 Å². The van der Waals surface area contributed by atoms with Gasteiger partial charge in [-0.1, -0.05) is 6.42 Å². The molecule has 3 nitrogen and oxygen atoms in total. The van der Waals surface area contributed by atoms with Gasteiger partial charge in [0.2, 0.25) is 0 Å². The molecule has 0 aromatic carbocycles. The van der Waals surface area contributed by atoms with Crippen LogP contribution in [0.4, 0.5) is 0 Å². The topological polar surface area (TPSA) is 30.5 Å². The highest BCUT2D eigenvalue weighted by Gasteiger charge is 2.36. The van der Waals surface area contributed by atoms with Crippen molar-refractivity contribution in [1.82, 2.24) is 5.32 Å². The van der Waals surface area contributed by atoms with E-state index in [0.29, 0.717) is 11.5 Å². The van der Waals surface area contributed by atoms with Crippen molar-refractivity contribution in [2.45, 2.75) is 44.6 Å². The molecular weight excluding hydrogens is 202 g/mol. The summed E-state index contributed by atoms with van der Waals surface area (Å²) >= 11 is 0. The largest absolute Gasteiger partial charge is 0.385 e. The Balaban J connectivity index is 1.69. The fourth-order valence-electron chi connectivity index (χ4n) is 2.77. The first-order valence-electron chi connectivity index (χ1n) is 6.65. The summed E-state index contributed by atoms with van der Waals surface area (Å²) in [6.45, 7) is 3.92. The lowest BCUT2D eigenvalue weighted by Crippen LogP contribution is -2.46. The Labute approximate surface area is 98.9 Å². The van der Waals surface area contributed by atoms with Crippen LogP contribution in [-0.4, -0.2) is 39.5 Å². The van der Waals surface area contributed by atoms with E-state index in [1.807, 2.05) is 0 Å². The maximum atomic E-state index is 5.49. The maximum absolute atomic E-state index is 5.49. The lowest BCUT2D eigenvalue weighted by Gasteiger charge is -2.43. The molecule has 2 aliphatic rings. The second-order valence-electron chi connectivity index (χ2n) is 5.39. The van der Waals surface area contributed by atoms with Crippen molar-refractivity contribution in [3.05, 3.63) is 0 Å². The highest BCUT2D eigenvalue weighted by Crippen LogP contribution is 2.43. The summed E-state index contributed by atoms with van der Waals surface area (Å²) in [5, 5.41) is 3.69. The lowest BCUT2D eigenvalue weighted by atomic mass is 9.66. The molecule has 1 unspecified atom stereocenters. The van der Waals surface area contributed by atoms with Gasteiger partial charge in [-0.2, -0.15) is 0 Å². The normalized spacial score (nSPS) is 28.7. The third-order valence-electron chi connectivity index (χ3n) is 4.18. The van der Waals surface area contributed by atoms with Crippen LogP contribution in [0.25, 0.3) is 0 Å². The Morgan fingerprint density at radius 2 is 2.25 bits per heavy atom. The molecule has 94 valence electrons. The monoisotopic (exact) mass is 227 g/mol. The molecule has 2 rings (SSSR count). The van der Waals surface area contributed by atoms with Gasteiger partial charge in [0.1, 0.15) is 0 Å². The van der Waals surface area contributed by atoms with Gasteiger partial charge < -0.3 is 14.8 Å². The molecule has 1 saturated heterocycles. The Morgan fingerprint density at radius 3 is 2.81 bits per heavy atom. The summed E-state index contributed by atoms with van der Waals surface area (Å²) < 4.78 is 10.7. The molecule has 1 heterocycles. The minimum Gasteiger partial charge on any atom is -0.385 e. The molecule has 1 atom stereocenters. The summed E-state index contributed by atoms with van der Waals surface area (Å²) in [5.41, 5.74) is 0.535. The molecule has 2 fully saturated rings. The average molecular weight is 227 g/mol. The zero-order valence-electron chi connectivity index (χ0n) is 10.5. The Morgan fingerprint density at radius 1 is 1.38 bits per heavy atom. The van der Waals surface area contributed by atoms with E-state index in [2.05, 4.69) is 5.32 Å². The first kappa shape index (κ1) is 12.3. The second-order valence-corrected chi connectivity index (χ2v) is 5.39. The number of hydrogen-bond acceptors (Lipinski definition) is 3. The molecule has 1 aliphatic carbocycles. The van der Waals surface area contributed by atoms with E-state index in [4.69, 9.17) is 9.47 Å². The van der Waals surface area contributed by atoms with E-state index in [9.17, 15) is 0 Å². The van der Waals surface area contributed by atoms with Gasteiger partial charge in [-0.15, -0.1) is 0 Å². The van der Waals surface area contributed by atoms with Crippen molar-refractivity contribution in [1.29, 1.82) is 0 Å². The van der Waals surface area contributed by atoms with Crippen LogP contribution in [0.3, 0.4) is 0 Å². The van der Waals surface area contributed by atoms with E-state index < -0.39 is 0 Å². The Bertz CT molecular complexity index is 198. The Hall–Kier alpha value is -0.120. The van der Waals surface area contributed by atoms with Crippen LogP contribution in [-0.2, 0) is 9.47 Å². The summed E-state index contributed by atoms with van der Waals surface area (Å²) in [6, 6.07) is 0.591. The van der Waals surface area contributed by atoms with Crippen molar-refractivity contribution >= 4 is 0 Å². The van der Waals surface area contributed by atoms with Gasteiger partial charge in [0.15, 0.2) is 0 Å². The number of hydrogen-bond donors (Lipinski definition) is 1. The van der Waals surface area contributed by atoms with Crippen LogP contribution < -0.4 is 5.32 Å². The van der Waals surface area contributed by atoms with Crippen LogP contribution >= 0.6 is 0 Å². The minimum atomic E-state index is 0.535. The van der Waals surface area contributed by atoms with Crippen molar-refractivity contribution in [2.75, 3.05) is 33.5 Å². The number of ether oxygens (including phenoxy) is 2. The number of nitrogens with one attached hydrogen (secondary N) is 1. The van der Waals surface area contributed by atoms with E-state index in [1.54, 1.807) is 7.11 Å². The smallest absolute Gasteiger partial charge is 0.0619 e. The van der Waals surface area contributed by atoms with E-state index in [0.717, 1.165) is 26.4 Å². The standard InChI is InChI=1S/C13H25NO2/c1-15-9-7-13(5-3-6-13)11-14-12-4-2-8-16-10-12/h12,14H,2-11H2,1H3. The van der Waals surface area contributed by atoms with Gasteiger partial charge in [0.05, 0.1) is 6.61 Å². The predicted molar refractivity (Wildman–Crippen MR) is 64.6 cm³/mol. The van der Waals surface area contributed by atoms with Gasteiger partial charge in [0.25, 0.3) is 0 Å². The number of methoxy groups -OCH3 is 1. The Kier molecular flexibility index (Phi) is 4.62. The van der Waals surface area contributed by atoms with Crippen molar-refractivity contribution in [2.24, 2.45) is 5.41 Å². The van der Waals surface area contributed by atoms with Gasteiger partial charge >= 0.3 is 0 Å². The maximum Gasteiger partial charge on any atom is 0.0619 e. The molecule has 0 radical (unpaired) electrons. The van der Waals surface area contributed by atoms with E-state index in [-0.39, 0.29) is 0 Å². The summed E-state index contributed by atoms with van der Waals surface area (Å²) in [5.74, 6) is 0. The third-order valence-corrected chi connectivity index (χ3v) is 4.18. The van der Waals surface area contributed by atoms with Crippen LogP contribution in [0.2, 0.25) is 0 Å². The molecule has 0 bridgehead atoms. The molecule has 16 heavy (non-hydrogen) atoms. The molecule has 0 aromatic heterocycles. The highest BCUT2D eigenvalue weighted by atomic mass is 16.5.